The van der Waals surface area contributed by atoms with Gasteiger partial charge in [-0.05, 0) is 36.1 Å². The van der Waals surface area contributed by atoms with Gasteiger partial charge in [0.1, 0.15) is 5.82 Å². The van der Waals surface area contributed by atoms with Crippen molar-refractivity contribution in [2.75, 3.05) is 18.4 Å². The molecule has 0 aliphatic carbocycles. The summed E-state index contributed by atoms with van der Waals surface area (Å²) in [5.41, 5.74) is 2.51. The molecule has 1 saturated heterocycles. The number of piperidine rings is 1. The van der Waals surface area contributed by atoms with Gasteiger partial charge in [-0.3, -0.25) is 4.90 Å². The molecule has 23 heavy (non-hydrogen) atoms. The van der Waals surface area contributed by atoms with Crippen LogP contribution < -0.4 is 5.32 Å². The summed E-state index contributed by atoms with van der Waals surface area (Å²) in [4.78, 5) is 6.62. The zero-order valence-corrected chi connectivity index (χ0v) is 13.8. The number of aliphatic hydroxyl groups excluding tert-OH is 1. The van der Waals surface area contributed by atoms with E-state index in [-0.39, 0.29) is 6.10 Å². The summed E-state index contributed by atoms with van der Waals surface area (Å²) >= 11 is 6.09. The standard InChI is InChI=1S/C18H22ClN3O/c19-17-2-1-9-20-18(17)21-12-14-3-5-15(6-4-14)13-22-10-7-16(23)8-11-22/h1-6,9,16,23H,7-8,10-13H2,(H,20,21). The highest BCUT2D eigenvalue weighted by molar-refractivity contribution is 6.32. The van der Waals surface area contributed by atoms with Gasteiger partial charge in [0.2, 0.25) is 0 Å². The van der Waals surface area contributed by atoms with Crippen LogP contribution in [0.4, 0.5) is 5.82 Å². The predicted molar refractivity (Wildman–Crippen MR) is 93.5 cm³/mol. The van der Waals surface area contributed by atoms with Crippen molar-refractivity contribution in [1.29, 1.82) is 0 Å². The fourth-order valence-corrected chi connectivity index (χ4v) is 2.99. The molecule has 0 bridgehead atoms. The number of likely N-dealkylation sites (tertiary alicyclic amines) is 1. The van der Waals surface area contributed by atoms with Crippen LogP contribution in [0.15, 0.2) is 42.6 Å². The molecule has 1 aliphatic heterocycles. The first-order valence-electron chi connectivity index (χ1n) is 8.03. The van der Waals surface area contributed by atoms with E-state index in [2.05, 4.69) is 39.5 Å². The van der Waals surface area contributed by atoms with Crippen molar-refractivity contribution in [2.24, 2.45) is 0 Å². The highest BCUT2D eigenvalue weighted by Crippen LogP contribution is 2.19. The Labute approximate surface area is 142 Å². The Bertz CT molecular complexity index is 624. The van der Waals surface area contributed by atoms with Crippen LogP contribution >= 0.6 is 11.6 Å². The van der Waals surface area contributed by atoms with E-state index in [0.29, 0.717) is 17.4 Å². The molecule has 0 atom stereocenters. The van der Waals surface area contributed by atoms with Crippen LogP contribution in [0.5, 0.6) is 0 Å². The molecular formula is C18H22ClN3O. The number of pyridine rings is 1. The van der Waals surface area contributed by atoms with Crippen LogP contribution in [-0.4, -0.2) is 34.2 Å². The van der Waals surface area contributed by atoms with E-state index in [1.807, 2.05) is 12.1 Å². The first kappa shape index (κ1) is 16.2. The summed E-state index contributed by atoms with van der Waals surface area (Å²) in [7, 11) is 0. The van der Waals surface area contributed by atoms with E-state index >= 15 is 0 Å². The summed E-state index contributed by atoms with van der Waals surface area (Å²) in [5, 5.41) is 13.4. The van der Waals surface area contributed by atoms with Gasteiger partial charge in [-0.1, -0.05) is 35.9 Å². The molecule has 1 aromatic heterocycles. The molecular weight excluding hydrogens is 310 g/mol. The van der Waals surface area contributed by atoms with Gasteiger partial charge in [0.25, 0.3) is 0 Å². The zero-order chi connectivity index (χ0) is 16.1. The second kappa shape index (κ2) is 7.77. The Balaban J connectivity index is 1.52. The minimum absolute atomic E-state index is 0.113. The number of benzene rings is 1. The van der Waals surface area contributed by atoms with Crippen LogP contribution in [0, 0.1) is 0 Å². The molecule has 1 fully saturated rings. The molecule has 3 rings (SSSR count). The molecule has 1 aromatic carbocycles. The quantitative estimate of drug-likeness (QED) is 0.882. The lowest BCUT2D eigenvalue weighted by molar-refractivity contribution is 0.0792. The number of hydrogen-bond donors (Lipinski definition) is 2. The predicted octanol–water partition coefficient (Wildman–Crippen LogP) is 3.30. The maximum absolute atomic E-state index is 9.55. The van der Waals surface area contributed by atoms with Crippen molar-refractivity contribution < 1.29 is 5.11 Å². The molecule has 122 valence electrons. The number of aliphatic hydroxyl groups is 1. The van der Waals surface area contributed by atoms with E-state index in [4.69, 9.17) is 11.6 Å². The van der Waals surface area contributed by atoms with Crippen LogP contribution in [0.3, 0.4) is 0 Å². The summed E-state index contributed by atoms with van der Waals surface area (Å²) in [6.45, 7) is 3.60. The molecule has 0 unspecified atom stereocenters. The van der Waals surface area contributed by atoms with E-state index in [1.54, 1.807) is 6.20 Å². The minimum atomic E-state index is -0.113. The molecule has 0 saturated carbocycles. The fourth-order valence-electron chi connectivity index (χ4n) is 2.80. The van der Waals surface area contributed by atoms with Gasteiger partial charge >= 0.3 is 0 Å². The van der Waals surface area contributed by atoms with E-state index in [0.717, 1.165) is 32.5 Å². The first-order chi connectivity index (χ1) is 11.2. The van der Waals surface area contributed by atoms with Gasteiger partial charge in [0, 0.05) is 32.4 Å². The van der Waals surface area contributed by atoms with Gasteiger partial charge in [0.05, 0.1) is 11.1 Å². The smallest absolute Gasteiger partial charge is 0.145 e. The SMILES string of the molecule is OC1CCN(Cc2ccc(CNc3ncccc3Cl)cc2)CC1. The number of aromatic nitrogens is 1. The Morgan fingerprint density at radius 1 is 1.13 bits per heavy atom. The molecule has 2 aromatic rings. The molecule has 0 radical (unpaired) electrons. The topological polar surface area (TPSA) is 48.4 Å². The molecule has 4 nitrogen and oxygen atoms in total. The third-order valence-electron chi connectivity index (χ3n) is 4.20. The van der Waals surface area contributed by atoms with Crippen LogP contribution in [0.25, 0.3) is 0 Å². The van der Waals surface area contributed by atoms with Crippen molar-refractivity contribution in [3.63, 3.8) is 0 Å². The van der Waals surface area contributed by atoms with Gasteiger partial charge in [0.15, 0.2) is 0 Å². The Hall–Kier alpha value is -1.62. The van der Waals surface area contributed by atoms with Crippen molar-refractivity contribution in [2.45, 2.75) is 32.0 Å². The Kier molecular flexibility index (Phi) is 5.49. The maximum atomic E-state index is 9.55. The lowest BCUT2D eigenvalue weighted by Crippen LogP contribution is -2.35. The maximum Gasteiger partial charge on any atom is 0.145 e. The number of nitrogens with one attached hydrogen (secondary N) is 1. The third-order valence-corrected chi connectivity index (χ3v) is 4.51. The highest BCUT2D eigenvalue weighted by Gasteiger charge is 2.16. The van der Waals surface area contributed by atoms with Crippen molar-refractivity contribution >= 4 is 17.4 Å². The van der Waals surface area contributed by atoms with Crippen molar-refractivity contribution in [3.05, 3.63) is 58.7 Å². The van der Waals surface area contributed by atoms with Crippen LogP contribution in [0.2, 0.25) is 5.02 Å². The number of hydrogen-bond acceptors (Lipinski definition) is 4. The average Bonchev–Trinajstić information content (AvgIpc) is 2.58. The Morgan fingerprint density at radius 2 is 1.83 bits per heavy atom. The normalized spacial score (nSPS) is 16.4. The summed E-state index contributed by atoms with van der Waals surface area (Å²) in [5.74, 6) is 0.713. The molecule has 1 aliphatic rings. The number of rotatable bonds is 5. The van der Waals surface area contributed by atoms with Gasteiger partial charge < -0.3 is 10.4 Å². The second-order valence-corrected chi connectivity index (χ2v) is 6.42. The second-order valence-electron chi connectivity index (χ2n) is 6.01. The number of anilines is 1. The Morgan fingerprint density at radius 3 is 2.52 bits per heavy atom. The average molecular weight is 332 g/mol. The lowest BCUT2D eigenvalue weighted by atomic mass is 10.1. The van der Waals surface area contributed by atoms with Gasteiger partial charge in [-0.2, -0.15) is 0 Å². The van der Waals surface area contributed by atoms with Crippen LogP contribution in [0.1, 0.15) is 24.0 Å². The molecule has 0 spiro atoms. The van der Waals surface area contributed by atoms with Crippen molar-refractivity contribution in [1.82, 2.24) is 9.88 Å². The first-order valence-corrected chi connectivity index (χ1v) is 8.41. The van der Waals surface area contributed by atoms with E-state index < -0.39 is 0 Å². The monoisotopic (exact) mass is 331 g/mol. The fraction of sp³-hybridized carbons (Fsp3) is 0.389. The largest absolute Gasteiger partial charge is 0.393 e. The lowest BCUT2D eigenvalue weighted by Gasteiger charge is -2.29. The van der Waals surface area contributed by atoms with Crippen LogP contribution in [-0.2, 0) is 13.1 Å². The van der Waals surface area contributed by atoms with Gasteiger partial charge in [-0.15, -0.1) is 0 Å². The summed E-state index contributed by atoms with van der Waals surface area (Å²) in [6.07, 6.45) is 3.38. The van der Waals surface area contributed by atoms with E-state index in [9.17, 15) is 5.11 Å². The molecule has 5 heteroatoms. The van der Waals surface area contributed by atoms with Gasteiger partial charge in [-0.25, -0.2) is 4.98 Å². The highest BCUT2D eigenvalue weighted by atomic mass is 35.5. The number of halogens is 1. The van der Waals surface area contributed by atoms with Crippen molar-refractivity contribution in [3.8, 4) is 0 Å². The molecule has 2 N–H and O–H groups in total. The zero-order valence-electron chi connectivity index (χ0n) is 13.1. The third kappa shape index (κ3) is 4.67. The summed E-state index contributed by atoms with van der Waals surface area (Å²) < 4.78 is 0. The minimum Gasteiger partial charge on any atom is -0.393 e. The van der Waals surface area contributed by atoms with E-state index in [1.165, 1.54) is 11.1 Å². The number of nitrogens with zero attached hydrogens (tertiary/aromatic N) is 2. The summed E-state index contributed by atoms with van der Waals surface area (Å²) in [6, 6.07) is 12.3. The molecule has 2 heterocycles. The molecule has 0 amide bonds.